The molecule has 3 aromatic rings. The molecule has 0 unspecified atom stereocenters. The number of thioether (sulfide) groups is 1. The number of nitro benzene ring substituents is 3. The van der Waals surface area contributed by atoms with Gasteiger partial charge in [0.05, 0.1) is 32.3 Å². The van der Waals surface area contributed by atoms with E-state index >= 15 is 0 Å². The predicted molar refractivity (Wildman–Crippen MR) is 131 cm³/mol. The van der Waals surface area contributed by atoms with Crippen molar-refractivity contribution in [2.45, 2.75) is 6.54 Å². The van der Waals surface area contributed by atoms with Crippen molar-refractivity contribution in [1.82, 2.24) is 4.90 Å². The third-order valence-electron chi connectivity index (χ3n) is 5.17. The van der Waals surface area contributed by atoms with Crippen LogP contribution in [-0.4, -0.2) is 30.8 Å². The summed E-state index contributed by atoms with van der Waals surface area (Å²) in [5.74, 6) is -0.852. The molecule has 0 atom stereocenters. The van der Waals surface area contributed by atoms with Gasteiger partial charge in [0.25, 0.3) is 22.5 Å². The topological polar surface area (TPSA) is 176 Å². The second kappa shape index (κ2) is 10.2. The van der Waals surface area contributed by atoms with Crippen LogP contribution in [0.5, 0.6) is 11.5 Å². The molecule has 1 heterocycles. The number of non-ortho nitro benzene ring substituents is 1. The van der Waals surface area contributed by atoms with Gasteiger partial charge in [0, 0.05) is 23.3 Å². The molecule has 3 aromatic carbocycles. The Morgan fingerprint density at radius 1 is 0.811 bits per heavy atom. The maximum Gasteiger partial charge on any atom is 0.318 e. The molecule has 2 amide bonds. The minimum atomic E-state index is -0.820. The van der Waals surface area contributed by atoms with Crippen molar-refractivity contribution in [3.05, 3.63) is 113 Å². The summed E-state index contributed by atoms with van der Waals surface area (Å²) in [7, 11) is 0. The first-order valence-corrected chi connectivity index (χ1v) is 11.1. The van der Waals surface area contributed by atoms with Crippen LogP contribution in [0.3, 0.4) is 0 Å². The van der Waals surface area contributed by atoms with Crippen LogP contribution in [0.1, 0.15) is 11.1 Å². The second-order valence-corrected chi connectivity index (χ2v) is 8.45. The molecular formula is C23H14N4O9S. The smallest absolute Gasteiger partial charge is 0.318 e. The number of carbonyl (C=O) groups is 2. The maximum atomic E-state index is 13.0. The van der Waals surface area contributed by atoms with E-state index in [2.05, 4.69) is 0 Å². The summed E-state index contributed by atoms with van der Waals surface area (Å²) in [6.45, 7) is -0.299. The molecule has 1 saturated heterocycles. The van der Waals surface area contributed by atoms with Crippen molar-refractivity contribution in [3.8, 4) is 11.5 Å². The van der Waals surface area contributed by atoms with E-state index in [0.717, 1.165) is 23.1 Å². The maximum absolute atomic E-state index is 13.0. The highest BCUT2D eigenvalue weighted by atomic mass is 32.2. The van der Waals surface area contributed by atoms with Gasteiger partial charge in [-0.05, 0) is 30.0 Å². The highest BCUT2D eigenvalue weighted by molar-refractivity contribution is 8.18. The fraction of sp³-hybridized carbons (Fsp3) is 0.0435. The van der Waals surface area contributed by atoms with Crippen LogP contribution in [0.2, 0.25) is 0 Å². The molecule has 0 saturated carbocycles. The van der Waals surface area contributed by atoms with Gasteiger partial charge < -0.3 is 4.74 Å². The van der Waals surface area contributed by atoms with Crippen LogP contribution >= 0.6 is 11.8 Å². The van der Waals surface area contributed by atoms with Crippen LogP contribution in [0, 0.1) is 30.3 Å². The minimum Gasteiger partial charge on any atom is -0.449 e. The molecule has 0 radical (unpaired) electrons. The van der Waals surface area contributed by atoms with E-state index in [0.29, 0.717) is 17.3 Å². The van der Waals surface area contributed by atoms with Crippen LogP contribution < -0.4 is 4.74 Å². The van der Waals surface area contributed by atoms with Crippen LogP contribution in [-0.2, 0) is 11.3 Å². The average Bonchev–Trinajstić information content (AvgIpc) is 3.12. The lowest BCUT2D eigenvalue weighted by Gasteiger charge is -2.12. The van der Waals surface area contributed by atoms with Crippen molar-refractivity contribution in [2.24, 2.45) is 0 Å². The number of amides is 2. The Hall–Kier alpha value is -5.11. The lowest BCUT2D eigenvalue weighted by atomic mass is 10.1. The van der Waals surface area contributed by atoms with Gasteiger partial charge in [0.2, 0.25) is 5.75 Å². The summed E-state index contributed by atoms with van der Waals surface area (Å²) in [4.78, 5) is 57.9. The summed E-state index contributed by atoms with van der Waals surface area (Å²) < 4.78 is 5.67. The quantitative estimate of drug-likeness (QED) is 0.210. The summed E-state index contributed by atoms with van der Waals surface area (Å²) in [5, 5.41) is 33.1. The molecule has 14 heteroatoms. The number of imide groups is 1. The molecule has 0 aromatic heterocycles. The summed E-state index contributed by atoms with van der Waals surface area (Å²) in [6.07, 6.45) is 1.36. The number of ether oxygens (including phenoxy) is 1. The molecule has 1 aliphatic heterocycles. The number of hydrogen-bond donors (Lipinski definition) is 0. The normalized spacial score (nSPS) is 14.2. The van der Waals surface area contributed by atoms with Crippen molar-refractivity contribution < 1.29 is 29.1 Å². The van der Waals surface area contributed by atoms with Gasteiger partial charge in [-0.1, -0.05) is 36.4 Å². The van der Waals surface area contributed by atoms with E-state index in [1.165, 1.54) is 30.3 Å². The number of para-hydroxylation sites is 2. The zero-order valence-corrected chi connectivity index (χ0v) is 19.3. The Labute approximate surface area is 211 Å². The highest BCUT2D eigenvalue weighted by Gasteiger charge is 2.36. The lowest BCUT2D eigenvalue weighted by Crippen LogP contribution is -2.27. The Balaban J connectivity index is 1.63. The van der Waals surface area contributed by atoms with E-state index in [-0.39, 0.29) is 34.2 Å². The highest BCUT2D eigenvalue weighted by Crippen LogP contribution is 2.39. The zero-order chi connectivity index (χ0) is 26.7. The van der Waals surface area contributed by atoms with Gasteiger partial charge >= 0.3 is 5.69 Å². The third kappa shape index (κ3) is 5.28. The molecule has 0 N–H and O–H groups in total. The van der Waals surface area contributed by atoms with Crippen molar-refractivity contribution in [1.29, 1.82) is 0 Å². The van der Waals surface area contributed by atoms with Gasteiger partial charge in [-0.15, -0.1) is 0 Å². The molecule has 0 spiro atoms. The van der Waals surface area contributed by atoms with Crippen LogP contribution in [0.15, 0.2) is 71.6 Å². The van der Waals surface area contributed by atoms with Crippen LogP contribution in [0.4, 0.5) is 21.9 Å². The average molecular weight is 522 g/mol. The monoisotopic (exact) mass is 522 g/mol. The molecule has 186 valence electrons. The van der Waals surface area contributed by atoms with Gasteiger partial charge in [0.1, 0.15) is 5.75 Å². The van der Waals surface area contributed by atoms with E-state index in [1.54, 1.807) is 24.3 Å². The van der Waals surface area contributed by atoms with Gasteiger partial charge in [0.15, 0.2) is 0 Å². The van der Waals surface area contributed by atoms with E-state index in [1.807, 2.05) is 0 Å². The van der Waals surface area contributed by atoms with E-state index < -0.39 is 37.3 Å². The molecule has 0 aliphatic carbocycles. The number of carbonyl (C=O) groups excluding carboxylic acids is 2. The number of hydrogen-bond acceptors (Lipinski definition) is 10. The molecule has 37 heavy (non-hydrogen) atoms. The Kier molecular flexibility index (Phi) is 6.92. The zero-order valence-electron chi connectivity index (χ0n) is 18.5. The molecule has 4 rings (SSSR count). The minimum absolute atomic E-state index is 0.0119. The number of rotatable bonds is 8. The van der Waals surface area contributed by atoms with Gasteiger partial charge in [-0.2, -0.15) is 0 Å². The fourth-order valence-corrected chi connectivity index (χ4v) is 4.26. The molecule has 0 bridgehead atoms. The van der Waals surface area contributed by atoms with Crippen molar-refractivity contribution in [3.63, 3.8) is 0 Å². The first-order valence-electron chi connectivity index (χ1n) is 10.3. The number of nitro groups is 3. The molecule has 13 nitrogen and oxygen atoms in total. The fourth-order valence-electron chi connectivity index (χ4n) is 3.43. The SMILES string of the molecule is O=C1S/C(=C\c2ccccc2Oc2ccc([N+](=O)[O-])cc2[N+](=O)[O-])C(=O)N1Cc1ccccc1[N+](=O)[O-]. The second-order valence-electron chi connectivity index (χ2n) is 7.46. The van der Waals surface area contributed by atoms with Crippen LogP contribution in [0.25, 0.3) is 6.08 Å². The Bertz CT molecular complexity index is 1510. The molecular weight excluding hydrogens is 508 g/mol. The Morgan fingerprint density at radius 2 is 1.49 bits per heavy atom. The summed E-state index contributed by atoms with van der Waals surface area (Å²) in [5.41, 5.74) is -0.862. The Morgan fingerprint density at radius 3 is 2.19 bits per heavy atom. The predicted octanol–water partition coefficient (Wildman–Crippen LogP) is 5.44. The van der Waals surface area contributed by atoms with Gasteiger partial charge in [-0.3, -0.25) is 44.8 Å². The van der Waals surface area contributed by atoms with E-state index in [9.17, 15) is 39.9 Å². The number of nitrogens with zero attached hydrogens (tertiary/aromatic N) is 4. The first kappa shape index (κ1) is 25.0. The van der Waals surface area contributed by atoms with Gasteiger partial charge in [-0.25, -0.2) is 0 Å². The van der Waals surface area contributed by atoms with Crippen molar-refractivity contribution >= 4 is 46.0 Å². The largest absolute Gasteiger partial charge is 0.449 e. The van der Waals surface area contributed by atoms with E-state index in [4.69, 9.17) is 4.74 Å². The summed E-state index contributed by atoms with van der Waals surface area (Å²) in [6, 6.07) is 14.9. The standard InChI is InChI=1S/C23H14N4O9S/c28-22-21(37-23(29)24(22)13-15-6-1-3-7-17(15)26(32)33)11-14-5-2-4-8-19(14)36-20-10-9-16(25(30)31)12-18(20)27(34)35/h1-12H,13H2/b21-11-. The molecule has 1 aliphatic rings. The van der Waals surface area contributed by atoms with Crippen molar-refractivity contribution in [2.75, 3.05) is 0 Å². The third-order valence-corrected chi connectivity index (χ3v) is 6.07. The lowest BCUT2D eigenvalue weighted by molar-refractivity contribution is -0.394. The number of benzene rings is 3. The first-order chi connectivity index (χ1) is 17.7. The molecule has 1 fully saturated rings. The summed E-state index contributed by atoms with van der Waals surface area (Å²) >= 11 is 0.628.